The highest BCUT2D eigenvalue weighted by atomic mass is 32.2. The van der Waals surface area contributed by atoms with E-state index in [1.54, 1.807) is 23.1 Å². The molecule has 0 saturated heterocycles. The molecule has 1 aliphatic rings. The predicted molar refractivity (Wildman–Crippen MR) is 108 cm³/mol. The summed E-state index contributed by atoms with van der Waals surface area (Å²) in [6, 6.07) is 5.95. The Balaban J connectivity index is 1.76. The number of ether oxygens (including phenoxy) is 1. The van der Waals surface area contributed by atoms with Crippen molar-refractivity contribution in [1.82, 2.24) is 15.0 Å². The molecule has 0 radical (unpaired) electrons. The monoisotopic (exact) mass is 386 g/mol. The Hall–Kier alpha value is -1.70. The Morgan fingerprint density at radius 2 is 2.23 bits per heavy atom. The van der Waals surface area contributed by atoms with E-state index in [9.17, 15) is 0 Å². The van der Waals surface area contributed by atoms with Gasteiger partial charge in [0.25, 0.3) is 0 Å². The first-order chi connectivity index (χ1) is 12.6. The van der Waals surface area contributed by atoms with Crippen LogP contribution in [0.5, 0.6) is 0 Å². The van der Waals surface area contributed by atoms with E-state index >= 15 is 0 Å². The third-order valence-electron chi connectivity index (χ3n) is 4.91. The highest BCUT2D eigenvalue weighted by Gasteiger charge is 2.33. The highest BCUT2D eigenvalue weighted by Crippen LogP contribution is 2.42. The second-order valence-corrected chi connectivity index (χ2v) is 8.54. The molecule has 1 N–H and O–H groups in total. The van der Waals surface area contributed by atoms with E-state index in [-0.39, 0.29) is 5.60 Å². The van der Waals surface area contributed by atoms with Crippen molar-refractivity contribution < 1.29 is 4.74 Å². The van der Waals surface area contributed by atoms with Crippen LogP contribution in [0, 0.1) is 0 Å². The molecule has 1 atom stereocenters. The normalized spacial score (nSPS) is 19.5. The molecule has 0 unspecified atom stereocenters. The average Bonchev–Trinajstić information content (AvgIpc) is 3.04. The second kappa shape index (κ2) is 7.13. The fourth-order valence-electron chi connectivity index (χ4n) is 3.18. The first-order valence-corrected chi connectivity index (χ1v) is 10.8. The molecule has 3 aromatic heterocycles. The van der Waals surface area contributed by atoms with Gasteiger partial charge in [-0.2, -0.15) is 0 Å². The third-order valence-corrected chi connectivity index (χ3v) is 6.56. The topological polar surface area (TPSA) is 59.9 Å². The minimum atomic E-state index is -0.114. The summed E-state index contributed by atoms with van der Waals surface area (Å²) >= 11 is 3.30. The summed E-state index contributed by atoms with van der Waals surface area (Å²) in [4.78, 5) is 16.2. The Kier molecular flexibility index (Phi) is 4.86. The number of hydrogen-bond donors (Lipinski definition) is 1. The number of hydrogen-bond acceptors (Lipinski definition) is 7. The number of rotatable bonds is 5. The maximum absolute atomic E-state index is 6.12. The molecule has 4 heterocycles. The van der Waals surface area contributed by atoms with Crippen molar-refractivity contribution in [3.8, 4) is 0 Å². The summed E-state index contributed by atoms with van der Waals surface area (Å²) in [5, 5.41) is 5.44. The quantitative estimate of drug-likeness (QED) is 0.508. The van der Waals surface area contributed by atoms with Gasteiger partial charge in [-0.1, -0.05) is 24.8 Å². The molecule has 7 heteroatoms. The van der Waals surface area contributed by atoms with Crippen molar-refractivity contribution in [1.29, 1.82) is 0 Å². The first-order valence-electron chi connectivity index (χ1n) is 8.76. The van der Waals surface area contributed by atoms with Gasteiger partial charge in [0.05, 0.1) is 29.8 Å². The standard InChI is InChI=1S/C19H22N4OS2/c1-4-19(2)9-13-14(11-24-19)26-17-15(13)16(22-18(23-17)25-3)21-10-12-7-5-6-8-20-12/h5-8H,4,9-11H2,1-3H3,(H,21,22,23)/t19-/m1/s1. The largest absolute Gasteiger partial charge is 0.369 e. The summed E-state index contributed by atoms with van der Waals surface area (Å²) in [6.07, 6.45) is 5.72. The van der Waals surface area contributed by atoms with Gasteiger partial charge in [-0.25, -0.2) is 9.97 Å². The van der Waals surface area contributed by atoms with Crippen molar-refractivity contribution in [2.75, 3.05) is 11.6 Å². The summed E-state index contributed by atoms with van der Waals surface area (Å²) in [7, 11) is 0. The number of aromatic nitrogens is 3. The van der Waals surface area contributed by atoms with E-state index in [4.69, 9.17) is 14.7 Å². The van der Waals surface area contributed by atoms with Crippen LogP contribution in [0.1, 0.15) is 36.4 Å². The first kappa shape index (κ1) is 17.7. The number of nitrogens with zero attached hydrogens (tertiary/aromatic N) is 3. The molecule has 136 valence electrons. The molecule has 5 nitrogen and oxygen atoms in total. The van der Waals surface area contributed by atoms with Crippen LogP contribution < -0.4 is 5.32 Å². The number of thiophene rings is 1. The summed E-state index contributed by atoms with van der Waals surface area (Å²) < 4.78 is 6.12. The van der Waals surface area contributed by atoms with Crippen LogP contribution in [0.4, 0.5) is 5.82 Å². The molecule has 26 heavy (non-hydrogen) atoms. The lowest BCUT2D eigenvalue weighted by molar-refractivity contribution is -0.0542. The van der Waals surface area contributed by atoms with Crippen LogP contribution in [0.25, 0.3) is 10.2 Å². The van der Waals surface area contributed by atoms with Crippen molar-refractivity contribution in [2.24, 2.45) is 0 Å². The van der Waals surface area contributed by atoms with Gasteiger partial charge < -0.3 is 10.1 Å². The maximum atomic E-state index is 6.12. The lowest BCUT2D eigenvalue weighted by atomic mass is 9.90. The molecule has 4 rings (SSSR count). The number of thioether (sulfide) groups is 1. The Morgan fingerprint density at radius 1 is 1.35 bits per heavy atom. The maximum Gasteiger partial charge on any atom is 0.190 e. The van der Waals surface area contributed by atoms with Gasteiger partial charge in [0, 0.05) is 17.5 Å². The van der Waals surface area contributed by atoms with E-state index in [0.717, 1.165) is 39.7 Å². The van der Waals surface area contributed by atoms with Crippen molar-refractivity contribution in [3.63, 3.8) is 0 Å². The van der Waals surface area contributed by atoms with Gasteiger partial charge in [0.15, 0.2) is 5.16 Å². The van der Waals surface area contributed by atoms with Crippen LogP contribution in [-0.4, -0.2) is 26.8 Å². The van der Waals surface area contributed by atoms with Crippen molar-refractivity contribution >= 4 is 39.1 Å². The molecule has 0 aromatic carbocycles. The van der Waals surface area contributed by atoms with Crippen LogP contribution in [0.15, 0.2) is 29.6 Å². The molecule has 0 amide bonds. The van der Waals surface area contributed by atoms with Crippen molar-refractivity contribution in [3.05, 3.63) is 40.5 Å². The third kappa shape index (κ3) is 3.31. The SMILES string of the molecule is CC[C@]1(C)Cc2c(sc3nc(SC)nc(NCc4ccccn4)c23)CO1. The van der Waals surface area contributed by atoms with Crippen LogP contribution in [0.2, 0.25) is 0 Å². The summed E-state index contributed by atoms with van der Waals surface area (Å²) in [5.74, 6) is 0.905. The molecular formula is C19H22N4OS2. The molecule has 0 saturated carbocycles. The van der Waals surface area contributed by atoms with E-state index < -0.39 is 0 Å². The number of fused-ring (bicyclic) bond motifs is 3. The Morgan fingerprint density at radius 3 is 2.96 bits per heavy atom. The lowest BCUT2D eigenvalue weighted by Crippen LogP contribution is -2.33. The minimum absolute atomic E-state index is 0.114. The highest BCUT2D eigenvalue weighted by molar-refractivity contribution is 7.98. The molecule has 0 aliphatic carbocycles. The number of nitrogens with one attached hydrogen (secondary N) is 1. The van der Waals surface area contributed by atoms with Gasteiger partial charge in [-0.05, 0) is 37.3 Å². The average molecular weight is 387 g/mol. The van der Waals surface area contributed by atoms with Gasteiger partial charge >= 0.3 is 0 Å². The molecule has 0 fully saturated rings. The molecular weight excluding hydrogens is 364 g/mol. The second-order valence-electron chi connectivity index (χ2n) is 6.69. The van der Waals surface area contributed by atoms with Gasteiger partial charge in [-0.15, -0.1) is 11.3 Å². The predicted octanol–water partition coefficient (Wildman–Crippen LogP) is 4.66. The molecule has 0 bridgehead atoms. The van der Waals surface area contributed by atoms with E-state index in [1.165, 1.54) is 10.4 Å². The fourth-order valence-corrected chi connectivity index (χ4v) is 4.70. The molecule has 0 spiro atoms. The Bertz CT molecular complexity index is 928. The number of pyridine rings is 1. The van der Waals surface area contributed by atoms with Gasteiger partial charge in [0.2, 0.25) is 0 Å². The summed E-state index contributed by atoms with van der Waals surface area (Å²) in [5.41, 5.74) is 2.23. The minimum Gasteiger partial charge on any atom is -0.369 e. The zero-order valence-corrected chi connectivity index (χ0v) is 16.8. The zero-order valence-electron chi connectivity index (χ0n) is 15.2. The zero-order chi connectivity index (χ0) is 18.1. The smallest absolute Gasteiger partial charge is 0.190 e. The van der Waals surface area contributed by atoms with E-state index in [2.05, 4.69) is 24.1 Å². The van der Waals surface area contributed by atoms with Crippen molar-refractivity contribution in [2.45, 2.75) is 50.6 Å². The fraction of sp³-hybridized carbons (Fsp3) is 0.421. The number of anilines is 1. The van der Waals surface area contributed by atoms with Gasteiger partial charge in [0.1, 0.15) is 10.6 Å². The molecule has 3 aromatic rings. The van der Waals surface area contributed by atoms with Crippen LogP contribution >= 0.6 is 23.1 Å². The Labute approximate surface area is 161 Å². The van der Waals surface area contributed by atoms with E-state index in [0.29, 0.717) is 13.2 Å². The lowest BCUT2D eigenvalue weighted by Gasteiger charge is -2.33. The molecule has 1 aliphatic heterocycles. The van der Waals surface area contributed by atoms with Gasteiger partial charge in [-0.3, -0.25) is 4.98 Å². The summed E-state index contributed by atoms with van der Waals surface area (Å²) in [6.45, 7) is 5.68. The van der Waals surface area contributed by atoms with Crippen LogP contribution in [0.3, 0.4) is 0 Å². The van der Waals surface area contributed by atoms with E-state index in [1.807, 2.05) is 30.7 Å². The van der Waals surface area contributed by atoms with Crippen LogP contribution in [-0.2, 0) is 24.3 Å².